The average molecular weight is 542 g/mol. The Hall–Kier alpha value is -1.75. The van der Waals surface area contributed by atoms with E-state index in [9.17, 15) is 18.9 Å². The van der Waals surface area contributed by atoms with Crippen LogP contribution in [0.5, 0.6) is 5.75 Å². The number of carbonyl (C=O) groups is 3. The maximum atomic E-state index is 12.8. The van der Waals surface area contributed by atoms with Crippen LogP contribution in [0.4, 0.5) is 0 Å². The summed E-state index contributed by atoms with van der Waals surface area (Å²) in [5.74, 6) is -1.72. The number of nitrogens with zero attached hydrogens (tertiary/aromatic N) is 1. The first-order valence-corrected chi connectivity index (χ1v) is 11.7. The quantitative estimate of drug-likeness (QED) is 0.247. The third kappa shape index (κ3) is 5.24. The molecule has 0 aliphatic carbocycles. The number of benzene rings is 1. The van der Waals surface area contributed by atoms with E-state index in [-0.39, 0.29) is 27.8 Å². The van der Waals surface area contributed by atoms with E-state index in [1.54, 1.807) is 30.3 Å². The number of alkyl halides is 3. The molecule has 2 aliphatic rings. The molecule has 1 aromatic carbocycles. The molecule has 2 aliphatic heterocycles. The molecule has 2 heterocycles. The second kappa shape index (κ2) is 10.0. The third-order valence-electron chi connectivity index (χ3n) is 4.37. The van der Waals surface area contributed by atoms with Gasteiger partial charge in [0, 0.05) is 10.4 Å². The third-order valence-corrected chi connectivity index (χ3v) is 6.70. The highest BCUT2D eigenvalue weighted by molar-refractivity contribution is 8.15. The van der Waals surface area contributed by atoms with Gasteiger partial charge in [-0.3, -0.25) is 14.5 Å². The maximum absolute atomic E-state index is 12.8. The van der Waals surface area contributed by atoms with Crippen molar-refractivity contribution in [2.45, 2.75) is 16.8 Å². The number of hydrogen-bond acceptors (Lipinski definition) is 6. The van der Waals surface area contributed by atoms with Crippen LogP contribution < -0.4 is 10.1 Å². The van der Waals surface area contributed by atoms with Crippen LogP contribution in [0.25, 0.3) is 0 Å². The number of rotatable bonds is 6. The summed E-state index contributed by atoms with van der Waals surface area (Å²) >= 11 is 22.7. The number of nitrogens with one attached hydrogen (secondary N) is 1. The molecule has 2 unspecified atom stereocenters. The van der Waals surface area contributed by atoms with E-state index < -0.39 is 45.0 Å². The summed E-state index contributed by atoms with van der Waals surface area (Å²) in [6.45, 7) is 0.567. The summed E-state index contributed by atoms with van der Waals surface area (Å²) in [6.07, 6.45) is 0. The molecule has 32 heavy (non-hydrogen) atoms. The predicted molar refractivity (Wildman–Crippen MR) is 124 cm³/mol. The topological polar surface area (TPSA) is 105 Å². The molecule has 2 N–H and O–H groups in total. The van der Waals surface area contributed by atoms with Gasteiger partial charge >= 0.3 is 5.97 Å². The Bertz CT molecular complexity index is 1050. The summed E-state index contributed by atoms with van der Waals surface area (Å²) in [4.78, 5) is 38.9. The van der Waals surface area contributed by atoms with Crippen molar-refractivity contribution in [3.8, 4) is 5.75 Å². The van der Waals surface area contributed by atoms with E-state index in [4.69, 9.17) is 55.9 Å². The molecule has 2 amide bonds. The number of ether oxygens (including phenoxy) is 2. The summed E-state index contributed by atoms with van der Waals surface area (Å²) < 4.78 is 19.2. The number of amides is 2. The van der Waals surface area contributed by atoms with Gasteiger partial charge in [0.25, 0.3) is 11.8 Å². The van der Waals surface area contributed by atoms with Crippen LogP contribution in [-0.2, 0) is 19.1 Å². The SMILES string of the molecule is CC1=C(C(=O)OCC(Cl)(Cl)Cl)N2C(=O)C(NC(=O)COc3ccccc3)C2=S(O)C1=CCl. The minimum atomic E-state index is -1.86. The number of fused-ring (bicyclic) bond motifs is 1. The van der Waals surface area contributed by atoms with Crippen LogP contribution in [0, 0.1) is 0 Å². The van der Waals surface area contributed by atoms with Crippen molar-refractivity contribution in [3.63, 3.8) is 0 Å². The van der Waals surface area contributed by atoms with Gasteiger partial charge in [0.15, 0.2) is 12.6 Å². The summed E-state index contributed by atoms with van der Waals surface area (Å²) in [6, 6.07) is 7.45. The van der Waals surface area contributed by atoms with Gasteiger partial charge in [0.2, 0.25) is 3.79 Å². The van der Waals surface area contributed by atoms with Crippen molar-refractivity contribution in [1.82, 2.24) is 10.2 Å². The number of hydrogen-bond donors (Lipinski definition) is 2. The minimum Gasteiger partial charge on any atom is -0.484 e. The Kier molecular flexibility index (Phi) is 7.80. The van der Waals surface area contributed by atoms with E-state index in [0.717, 1.165) is 10.4 Å². The van der Waals surface area contributed by atoms with Crippen LogP contribution in [0.3, 0.4) is 0 Å². The lowest BCUT2D eigenvalue weighted by atomic mass is 10.0. The zero-order valence-electron chi connectivity index (χ0n) is 16.3. The lowest BCUT2D eigenvalue weighted by Gasteiger charge is -2.45. The highest BCUT2D eigenvalue weighted by Gasteiger charge is 2.52. The van der Waals surface area contributed by atoms with Crippen molar-refractivity contribution in [2.75, 3.05) is 13.2 Å². The molecule has 1 saturated heterocycles. The summed E-state index contributed by atoms with van der Waals surface area (Å²) in [7, 11) is -1.66. The van der Waals surface area contributed by atoms with E-state index in [2.05, 4.69) is 5.32 Å². The Morgan fingerprint density at radius 2 is 1.94 bits per heavy atom. The Labute approximate surface area is 205 Å². The van der Waals surface area contributed by atoms with Crippen molar-refractivity contribution in [1.29, 1.82) is 0 Å². The molecule has 2 atom stereocenters. The smallest absolute Gasteiger partial charge is 0.355 e. The standard InChI is InChI=1S/C19H16Cl4N2O6S/c1-10-12(7-20)32(29)17-14(24-13(26)8-30-11-5-3-2-4-6-11)16(27)25(17)15(10)18(28)31-9-19(21,22)23/h2-7,14,29H,8-9H2,1H3,(H,24,26). The number of esters is 1. The Balaban J connectivity index is 1.77. The van der Waals surface area contributed by atoms with E-state index in [1.165, 1.54) is 6.92 Å². The zero-order chi connectivity index (χ0) is 23.6. The normalized spacial score (nSPS) is 21.8. The second-order valence-electron chi connectivity index (χ2n) is 6.54. The van der Waals surface area contributed by atoms with Crippen LogP contribution >= 0.6 is 57.2 Å². The molecule has 172 valence electrons. The molecule has 13 heteroatoms. The molecule has 0 aromatic heterocycles. The van der Waals surface area contributed by atoms with E-state index in [1.807, 2.05) is 0 Å². The molecule has 0 saturated carbocycles. The fourth-order valence-corrected chi connectivity index (χ4v) is 4.96. The lowest BCUT2D eigenvalue weighted by molar-refractivity contribution is -0.144. The Morgan fingerprint density at radius 1 is 1.28 bits per heavy atom. The predicted octanol–water partition coefficient (Wildman–Crippen LogP) is 3.55. The van der Waals surface area contributed by atoms with Crippen molar-refractivity contribution >= 4 is 79.9 Å². The number of allylic oxidation sites excluding steroid dienone is 1. The molecular weight excluding hydrogens is 526 g/mol. The first kappa shape index (κ1) is 24.9. The molecule has 0 spiro atoms. The molecule has 8 nitrogen and oxygen atoms in total. The van der Waals surface area contributed by atoms with Crippen LogP contribution in [0.15, 0.2) is 52.0 Å². The van der Waals surface area contributed by atoms with Gasteiger partial charge < -0.3 is 19.3 Å². The van der Waals surface area contributed by atoms with Gasteiger partial charge in [-0.25, -0.2) is 4.79 Å². The van der Waals surface area contributed by atoms with E-state index >= 15 is 0 Å². The molecule has 1 aromatic rings. The second-order valence-corrected chi connectivity index (χ2v) is 10.7. The minimum absolute atomic E-state index is 0.0707. The highest BCUT2D eigenvalue weighted by Crippen LogP contribution is 2.43. The molecule has 3 rings (SSSR count). The highest BCUT2D eigenvalue weighted by atomic mass is 35.6. The number of para-hydroxylation sites is 1. The van der Waals surface area contributed by atoms with Gasteiger partial charge in [-0.2, -0.15) is 0 Å². The van der Waals surface area contributed by atoms with Gasteiger partial charge in [-0.05, 0) is 35.4 Å². The Morgan fingerprint density at radius 3 is 2.53 bits per heavy atom. The zero-order valence-corrected chi connectivity index (χ0v) is 20.2. The molecule has 1 fully saturated rings. The van der Waals surface area contributed by atoms with Gasteiger partial charge in [-0.1, -0.05) is 64.6 Å². The first-order valence-electron chi connectivity index (χ1n) is 8.92. The average Bonchev–Trinajstić information content (AvgIpc) is 2.74. The van der Waals surface area contributed by atoms with E-state index in [0.29, 0.717) is 5.75 Å². The van der Waals surface area contributed by atoms with Crippen LogP contribution in [-0.4, -0.2) is 55.3 Å². The van der Waals surface area contributed by atoms with Crippen molar-refractivity contribution < 1.29 is 28.4 Å². The summed E-state index contributed by atoms with van der Waals surface area (Å²) in [5.41, 5.74) is 1.12. The summed E-state index contributed by atoms with van der Waals surface area (Å²) in [5, 5.41) is 2.49. The lowest BCUT2D eigenvalue weighted by Crippen LogP contribution is -2.69. The number of β-lactam (4-membered cyclic amide) rings is 1. The fourth-order valence-electron chi connectivity index (χ4n) is 2.94. The maximum Gasteiger partial charge on any atom is 0.355 e. The fraction of sp³-hybridized carbons (Fsp3) is 0.263. The molecule has 0 bridgehead atoms. The van der Waals surface area contributed by atoms with Gasteiger partial charge in [0.1, 0.15) is 23.0 Å². The van der Waals surface area contributed by atoms with Crippen molar-refractivity contribution in [2.24, 2.45) is 0 Å². The molecule has 0 radical (unpaired) electrons. The van der Waals surface area contributed by atoms with Gasteiger partial charge in [0.05, 0.1) is 0 Å². The first-order chi connectivity index (χ1) is 15.0. The van der Waals surface area contributed by atoms with Crippen LogP contribution in [0.2, 0.25) is 0 Å². The van der Waals surface area contributed by atoms with Gasteiger partial charge in [-0.15, -0.1) is 0 Å². The monoisotopic (exact) mass is 540 g/mol. The number of carbonyl (C=O) groups excluding carboxylic acids is 3. The van der Waals surface area contributed by atoms with Crippen molar-refractivity contribution in [3.05, 3.63) is 52.0 Å². The largest absolute Gasteiger partial charge is 0.484 e. The number of halogens is 4. The van der Waals surface area contributed by atoms with Crippen LogP contribution in [0.1, 0.15) is 6.92 Å². The molecular formula is C19H16Cl4N2O6S.